The lowest BCUT2D eigenvalue weighted by atomic mass is 10.2. The third-order valence-electron chi connectivity index (χ3n) is 3.05. The van der Waals surface area contributed by atoms with Crippen molar-refractivity contribution in [1.82, 2.24) is 5.43 Å². The van der Waals surface area contributed by atoms with Crippen molar-refractivity contribution in [2.24, 2.45) is 0 Å². The van der Waals surface area contributed by atoms with Gasteiger partial charge in [0.1, 0.15) is 5.69 Å². The average Bonchev–Trinajstić information content (AvgIpc) is 2.59. The zero-order valence-electron chi connectivity index (χ0n) is 12.4. The van der Waals surface area contributed by atoms with Crippen molar-refractivity contribution in [3.05, 3.63) is 68.3 Å². The lowest BCUT2D eigenvalue weighted by Crippen LogP contribution is -2.30. The van der Waals surface area contributed by atoms with Crippen molar-refractivity contribution < 1.29 is 14.6 Å². The molecule has 9 nitrogen and oxygen atoms in total. The van der Waals surface area contributed by atoms with Gasteiger partial charge in [-0.1, -0.05) is 12.1 Å². The molecule has 0 heterocycles. The summed E-state index contributed by atoms with van der Waals surface area (Å²) >= 11 is 1.39. The van der Waals surface area contributed by atoms with Gasteiger partial charge in [0.15, 0.2) is 0 Å². The molecule has 0 fully saturated rings. The van der Waals surface area contributed by atoms with Gasteiger partial charge >= 0.3 is 5.69 Å². The number of rotatable bonds is 6. The fourth-order valence-electron chi connectivity index (χ4n) is 1.91. The standard InChI is InChI=1S/C14H12N4O5S/c1-24-13-5-3-2-4-10(13)14(19)16-15-11-7-6-9(17(20)21)8-12(11)18(22)23/h2-8,15H,1H3,(H,16,19). The van der Waals surface area contributed by atoms with E-state index in [2.05, 4.69) is 10.9 Å². The highest BCUT2D eigenvalue weighted by Crippen LogP contribution is 2.28. The zero-order valence-corrected chi connectivity index (χ0v) is 13.2. The van der Waals surface area contributed by atoms with Crippen LogP contribution in [0.3, 0.4) is 0 Å². The van der Waals surface area contributed by atoms with E-state index in [1.54, 1.807) is 24.3 Å². The maximum atomic E-state index is 12.2. The van der Waals surface area contributed by atoms with Gasteiger partial charge in [-0.05, 0) is 24.5 Å². The van der Waals surface area contributed by atoms with E-state index in [1.165, 1.54) is 11.8 Å². The molecule has 0 saturated carbocycles. The maximum Gasteiger partial charge on any atom is 0.300 e. The van der Waals surface area contributed by atoms with Crippen LogP contribution in [0.4, 0.5) is 17.1 Å². The van der Waals surface area contributed by atoms with E-state index in [1.807, 2.05) is 6.26 Å². The maximum absolute atomic E-state index is 12.2. The lowest BCUT2D eigenvalue weighted by Gasteiger charge is -2.10. The average molecular weight is 348 g/mol. The van der Waals surface area contributed by atoms with Crippen molar-refractivity contribution in [3.8, 4) is 0 Å². The summed E-state index contributed by atoms with van der Waals surface area (Å²) in [4.78, 5) is 33.2. The molecule has 1 amide bonds. The number of carbonyl (C=O) groups is 1. The Morgan fingerprint density at radius 3 is 2.42 bits per heavy atom. The van der Waals surface area contributed by atoms with Gasteiger partial charge in [-0.2, -0.15) is 0 Å². The van der Waals surface area contributed by atoms with E-state index in [9.17, 15) is 25.0 Å². The molecule has 124 valence electrons. The second-order valence-electron chi connectivity index (χ2n) is 4.50. The fourth-order valence-corrected chi connectivity index (χ4v) is 2.51. The largest absolute Gasteiger partial charge is 0.300 e. The molecule has 2 rings (SSSR count). The van der Waals surface area contributed by atoms with Crippen LogP contribution in [0.1, 0.15) is 10.4 Å². The highest BCUT2D eigenvalue weighted by atomic mass is 32.2. The summed E-state index contributed by atoms with van der Waals surface area (Å²) in [5.74, 6) is -0.479. The van der Waals surface area contributed by atoms with Crippen LogP contribution in [-0.2, 0) is 0 Å². The van der Waals surface area contributed by atoms with E-state index in [0.717, 1.165) is 23.1 Å². The minimum absolute atomic E-state index is 0.0550. The third-order valence-corrected chi connectivity index (χ3v) is 3.85. The first-order valence-electron chi connectivity index (χ1n) is 6.56. The number of amides is 1. The molecule has 24 heavy (non-hydrogen) atoms. The molecule has 0 aliphatic heterocycles. The van der Waals surface area contributed by atoms with Gasteiger partial charge in [0, 0.05) is 11.0 Å². The van der Waals surface area contributed by atoms with Crippen LogP contribution in [-0.4, -0.2) is 22.0 Å². The van der Waals surface area contributed by atoms with Gasteiger partial charge in [0.05, 0.1) is 21.5 Å². The smallest absolute Gasteiger partial charge is 0.292 e. The molecule has 0 atom stereocenters. The number of thioether (sulfide) groups is 1. The summed E-state index contributed by atoms with van der Waals surface area (Å²) in [5.41, 5.74) is 4.22. The zero-order chi connectivity index (χ0) is 17.7. The molecule has 0 aromatic heterocycles. The van der Waals surface area contributed by atoms with Gasteiger partial charge in [-0.25, -0.2) is 0 Å². The molecular weight excluding hydrogens is 336 g/mol. The van der Waals surface area contributed by atoms with Gasteiger partial charge < -0.3 is 0 Å². The van der Waals surface area contributed by atoms with Gasteiger partial charge in [0.25, 0.3) is 11.6 Å². The van der Waals surface area contributed by atoms with Crippen LogP contribution in [0.25, 0.3) is 0 Å². The lowest BCUT2D eigenvalue weighted by molar-refractivity contribution is -0.393. The predicted molar refractivity (Wildman–Crippen MR) is 89.1 cm³/mol. The number of hydrogen-bond donors (Lipinski definition) is 2. The first-order valence-corrected chi connectivity index (χ1v) is 7.78. The summed E-state index contributed by atoms with van der Waals surface area (Å²) in [5, 5.41) is 21.7. The quantitative estimate of drug-likeness (QED) is 0.466. The van der Waals surface area contributed by atoms with Crippen LogP contribution in [0.5, 0.6) is 0 Å². The number of non-ortho nitro benzene ring substituents is 1. The molecule has 2 N–H and O–H groups in total. The number of nitrogens with one attached hydrogen (secondary N) is 2. The Bertz CT molecular complexity index is 812. The topological polar surface area (TPSA) is 127 Å². The molecule has 0 radical (unpaired) electrons. The van der Waals surface area contributed by atoms with E-state index in [4.69, 9.17) is 0 Å². The molecule has 0 saturated heterocycles. The molecule has 10 heteroatoms. The number of carbonyl (C=O) groups excluding carboxylic acids is 1. The van der Waals surface area contributed by atoms with Crippen molar-refractivity contribution in [1.29, 1.82) is 0 Å². The predicted octanol–water partition coefficient (Wildman–Crippen LogP) is 2.98. The molecule has 0 spiro atoms. The van der Waals surface area contributed by atoms with Crippen LogP contribution in [0, 0.1) is 20.2 Å². The van der Waals surface area contributed by atoms with E-state index in [-0.39, 0.29) is 5.69 Å². The van der Waals surface area contributed by atoms with E-state index < -0.39 is 27.1 Å². The fraction of sp³-hybridized carbons (Fsp3) is 0.0714. The van der Waals surface area contributed by atoms with Crippen molar-refractivity contribution in [2.75, 3.05) is 11.7 Å². The number of nitrogens with zero attached hydrogens (tertiary/aromatic N) is 2. The normalized spacial score (nSPS) is 10.0. The first-order chi connectivity index (χ1) is 11.4. The van der Waals surface area contributed by atoms with Gasteiger partial charge in [-0.3, -0.25) is 35.9 Å². The Hall–Kier alpha value is -3.14. The minimum Gasteiger partial charge on any atom is -0.292 e. The summed E-state index contributed by atoms with van der Waals surface area (Å²) in [7, 11) is 0. The number of hydrazine groups is 1. The number of anilines is 1. The Labute approximate surface area is 140 Å². The third kappa shape index (κ3) is 3.79. The van der Waals surface area contributed by atoms with Gasteiger partial charge in [0.2, 0.25) is 0 Å². The Balaban J connectivity index is 2.21. The van der Waals surface area contributed by atoms with Crippen LogP contribution >= 0.6 is 11.8 Å². The summed E-state index contributed by atoms with van der Waals surface area (Å²) in [6.45, 7) is 0. The van der Waals surface area contributed by atoms with E-state index in [0.29, 0.717) is 5.56 Å². The number of benzene rings is 2. The second-order valence-corrected chi connectivity index (χ2v) is 5.34. The number of nitro benzene ring substituents is 2. The number of nitro groups is 2. The van der Waals surface area contributed by atoms with Gasteiger partial charge in [-0.15, -0.1) is 11.8 Å². The molecule has 0 unspecified atom stereocenters. The van der Waals surface area contributed by atoms with E-state index >= 15 is 0 Å². The highest BCUT2D eigenvalue weighted by Gasteiger charge is 2.20. The van der Waals surface area contributed by atoms with Crippen LogP contribution in [0.2, 0.25) is 0 Å². The van der Waals surface area contributed by atoms with Crippen LogP contribution < -0.4 is 10.9 Å². The summed E-state index contributed by atoms with van der Waals surface area (Å²) in [6.07, 6.45) is 1.82. The van der Waals surface area contributed by atoms with Crippen molar-refractivity contribution >= 4 is 34.7 Å². The summed E-state index contributed by atoms with van der Waals surface area (Å²) in [6, 6.07) is 9.97. The van der Waals surface area contributed by atoms with Crippen molar-refractivity contribution in [2.45, 2.75) is 4.90 Å². The first kappa shape index (κ1) is 17.2. The molecular formula is C14H12N4O5S. The van der Waals surface area contributed by atoms with Crippen LogP contribution in [0.15, 0.2) is 47.4 Å². The Kier molecular flexibility index (Phi) is 5.32. The molecule has 2 aromatic carbocycles. The monoisotopic (exact) mass is 348 g/mol. The number of hydrogen-bond acceptors (Lipinski definition) is 7. The second kappa shape index (κ2) is 7.42. The minimum atomic E-state index is -0.767. The molecule has 0 bridgehead atoms. The Morgan fingerprint density at radius 1 is 1.08 bits per heavy atom. The Morgan fingerprint density at radius 2 is 1.79 bits per heavy atom. The van der Waals surface area contributed by atoms with Crippen molar-refractivity contribution in [3.63, 3.8) is 0 Å². The highest BCUT2D eigenvalue weighted by molar-refractivity contribution is 7.98. The molecule has 0 aliphatic rings. The molecule has 0 aliphatic carbocycles. The molecule has 2 aromatic rings. The SMILES string of the molecule is CSc1ccccc1C(=O)NNc1ccc([N+](=O)[O-])cc1[N+](=O)[O-]. The summed E-state index contributed by atoms with van der Waals surface area (Å²) < 4.78 is 0.